The zero-order valence-corrected chi connectivity index (χ0v) is 10.9. The van der Waals surface area contributed by atoms with Gasteiger partial charge in [-0.15, -0.1) is 0 Å². The smallest absolute Gasteiger partial charge is 0.331 e. The van der Waals surface area contributed by atoms with Gasteiger partial charge in [0, 0.05) is 24.2 Å². The van der Waals surface area contributed by atoms with Crippen molar-refractivity contribution in [1.82, 2.24) is 14.5 Å². The molecule has 4 aromatic heterocycles. The number of aryl methyl sites for hydroxylation is 1. The molecule has 0 saturated heterocycles. The summed E-state index contributed by atoms with van der Waals surface area (Å²) in [6, 6.07) is 6.06. The first-order valence-corrected chi connectivity index (χ1v) is 6.53. The summed E-state index contributed by atoms with van der Waals surface area (Å²) in [5.74, 6) is 0.876. The molecule has 4 aromatic rings. The molecule has 0 saturated carbocycles. The standard InChI is InChI=1S/C15H11N4O/c1-18-11-3-2-5-17-12(11)13-14(18)19-8-9-4-6-16-7-10(9)15(19)20-13/h2-7H,8H2,1H3/q+1. The Labute approximate surface area is 114 Å². The van der Waals surface area contributed by atoms with Crippen LogP contribution in [0.4, 0.5) is 0 Å². The molecule has 0 fully saturated rings. The first-order chi connectivity index (χ1) is 9.84. The summed E-state index contributed by atoms with van der Waals surface area (Å²) in [4.78, 5) is 8.65. The second-order valence-electron chi connectivity index (χ2n) is 5.11. The summed E-state index contributed by atoms with van der Waals surface area (Å²) in [5, 5.41) is 0. The maximum Gasteiger partial charge on any atom is 0.331 e. The number of oxazole rings is 1. The minimum absolute atomic E-state index is 0.824. The van der Waals surface area contributed by atoms with Gasteiger partial charge in [0.1, 0.15) is 6.54 Å². The Kier molecular flexibility index (Phi) is 1.65. The van der Waals surface area contributed by atoms with Crippen molar-refractivity contribution in [3.8, 4) is 11.5 Å². The lowest BCUT2D eigenvalue weighted by Crippen LogP contribution is -2.32. The number of fused-ring (bicyclic) bond motifs is 7. The predicted molar refractivity (Wildman–Crippen MR) is 73.0 cm³/mol. The topological polar surface area (TPSA) is 47.7 Å². The summed E-state index contributed by atoms with van der Waals surface area (Å²) < 4.78 is 10.5. The van der Waals surface area contributed by atoms with Gasteiger partial charge in [0.05, 0.1) is 12.6 Å². The van der Waals surface area contributed by atoms with Crippen LogP contribution in [-0.4, -0.2) is 14.5 Å². The molecule has 0 unspecified atom stereocenters. The average molecular weight is 263 g/mol. The van der Waals surface area contributed by atoms with Gasteiger partial charge in [-0.05, 0) is 18.2 Å². The first kappa shape index (κ1) is 10.1. The fourth-order valence-electron chi connectivity index (χ4n) is 3.13. The van der Waals surface area contributed by atoms with Crippen molar-refractivity contribution in [2.45, 2.75) is 6.54 Å². The highest BCUT2D eigenvalue weighted by molar-refractivity contribution is 5.99. The minimum atomic E-state index is 0.824. The van der Waals surface area contributed by atoms with E-state index in [1.165, 1.54) is 5.56 Å². The molecule has 20 heavy (non-hydrogen) atoms. The number of pyridine rings is 2. The lowest BCUT2D eigenvalue weighted by Gasteiger charge is -1.91. The van der Waals surface area contributed by atoms with Gasteiger partial charge in [-0.2, -0.15) is 4.57 Å². The second-order valence-corrected chi connectivity index (χ2v) is 5.11. The Balaban J connectivity index is 1.97. The van der Waals surface area contributed by atoms with Gasteiger partial charge in [0.2, 0.25) is 0 Å². The molecule has 0 atom stereocenters. The van der Waals surface area contributed by atoms with Crippen LogP contribution in [0.15, 0.2) is 41.2 Å². The van der Waals surface area contributed by atoms with E-state index in [0.717, 1.165) is 40.3 Å². The fraction of sp³-hybridized carbons (Fsp3) is 0.133. The molecule has 0 radical (unpaired) electrons. The van der Waals surface area contributed by atoms with Crippen molar-refractivity contribution in [3.05, 3.63) is 42.4 Å². The first-order valence-electron chi connectivity index (χ1n) is 6.53. The number of hydrogen-bond donors (Lipinski definition) is 0. The van der Waals surface area contributed by atoms with E-state index in [4.69, 9.17) is 4.42 Å². The van der Waals surface area contributed by atoms with Crippen LogP contribution in [0.3, 0.4) is 0 Å². The summed E-state index contributed by atoms with van der Waals surface area (Å²) >= 11 is 0. The van der Waals surface area contributed by atoms with E-state index in [0.29, 0.717) is 0 Å². The van der Waals surface area contributed by atoms with Gasteiger partial charge in [0.15, 0.2) is 11.0 Å². The van der Waals surface area contributed by atoms with Crippen LogP contribution in [0, 0.1) is 0 Å². The lowest BCUT2D eigenvalue weighted by atomic mass is 10.2. The van der Waals surface area contributed by atoms with E-state index in [1.54, 1.807) is 6.20 Å². The summed E-state index contributed by atoms with van der Waals surface area (Å²) in [7, 11) is 2.05. The summed E-state index contributed by atoms with van der Waals surface area (Å²) in [6.07, 6.45) is 5.49. The van der Waals surface area contributed by atoms with Crippen molar-refractivity contribution in [3.63, 3.8) is 0 Å². The van der Waals surface area contributed by atoms with E-state index in [9.17, 15) is 0 Å². The largest absolute Gasteiger partial charge is 0.411 e. The molecule has 5 heteroatoms. The highest BCUT2D eigenvalue weighted by Gasteiger charge is 2.34. The van der Waals surface area contributed by atoms with Gasteiger partial charge in [-0.3, -0.25) is 4.98 Å². The van der Waals surface area contributed by atoms with E-state index < -0.39 is 0 Å². The minimum Gasteiger partial charge on any atom is -0.411 e. The SMILES string of the molecule is Cn1c2cccnc2c2oc3[n+](c21)Cc1ccncc1-3. The van der Waals surface area contributed by atoms with Crippen molar-refractivity contribution < 1.29 is 8.98 Å². The van der Waals surface area contributed by atoms with Crippen molar-refractivity contribution in [2.75, 3.05) is 0 Å². The molecule has 0 aromatic carbocycles. The zero-order valence-electron chi connectivity index (χ0n) is 10.9. The van der Waals surface area contributed by atoms with Gasteiger partial charge < -0.3 is 4.42 Å². The van der Waals surface area contributed by atoms with Crippen LogP contribution in [-0.2, 0) is 13.6 Å². The molecule has 0 bridgehead atoms. The molecule has 5 heterocycles. The Morgan fingerprint density at radius 3 is 3.20 bits per heavy atom. The third kappa shape index (κ3) is 1.02. The van der Waals surface area contributed by atoms with Gasteiger partial charge >= 0.3 is 5.65 Å². The Hall–Kier alpha value is -2.69. The van der Waals surface area contributed by atoms with Gasteiger partial charge in [-0.1, -0.05) is 0 Å². The number of rotatable bonds is 0. The third-order valence-corrected chi connectivity index (χ3v) is 4.05. The van der Waals surface area contributed by atoms with Crippen LogP contribution < -0.4 is 4.57 Å². The maximum absolute atomic E-state index is 6.11. The number of hydrogen-bond acceptors (Lipinski definition) is 3. The Bertz CT molecular complexity index is 996. The lowest BCUT2D eigenvalue weighted by molar-refractivity contribution is -0.652. The van der Waals surface area contributed by atoms with E-state index in [-0.39, 0.29) is 0 Å². The van der Waals surface area contributed by atoms with Crippen LogP contribution >= 0.6 is 0 Å². The molecule has 0 spiro atoms. The summed E-state index contributed by atoms with van der Waals surface area (Å²) in [6.45, 7) is 0.824. The van der Waals surface area contributed by atoms with Gasteiger partial charge in [0.25, 0.3) is 11.5 Å². The molecule has 0 aliphatic carbocycles. The Morgan fingerprint density at radius 2 is 2.25 bits per heavy atom. The number of nitrogens with zero attached hydrogens (tertiary/aromatic N) is 4. The highest BCUT2D eigenvalue weighted by atomic mass is 16.4. The molecule has 0 amide bonds. The Morgan fingerprint density at radius 1 is 1.30 bits per heavy atom. The maximum atomic E-state index is 6.11. The fourth-order valence-corrected chi connectivity index (χ4v) is 3.13. The molecule has 1 aliphatic heterocycles. The van der Waals surface area contributed by atoms with Crippen LogP contribution in [0.5, 0.6) is 0 Å². The van der Waals surface area contributed by atoms with Crippen LogP contribution in [0.1, 0.15) is 5.56 Å². The van der Waals surface area contributed by atoms with Crippen molar-refractivity contribution in [2.24, 2.45) is 7.05 Å². The zero-order chi connectivity index (χ0) is 13.3. The molecule has 5 rings (SSSR count). The molecule has 1 aliphatic rings. The molecular weight excluding hydrogens is 252 g/mol. The quantitative estimate of drug-likeness (QED) is 0.402. The molecule has 5 nitrogen and oxygen atoms in total. The second kappa shape index (κ2) is 3.25. The third-order valence-electron chi connectivity index (χ3n) is 4.05. The molecule has 96 valence electrons. The van der Waals surface area contributed by atoms with E-state index >= 15 is 0 Å². The average Bonchev–Trinajstić information content (AvgIpc) is 3.09. The molecular formula is C15H11N4O+. The summed E-state index contributed by atoms with van der Waals surface area (Å²) in [5.41, 5.74) is 6.26. The van der Waals surface area contributed by atoms with Crippen molar-refractivity contribution in [1.29, 1.82) is 0 Å². The van der Waals surface area contributed by atoms with Gasteiger partial charge in [-0.25, -0.2) is 9.55 Å². The predicted octanol–water partition coefficient (Wildman–Crippen LogP) is 2.03. The van der Waals surface area contributed by atoms with E-state index in [1.807, 2.05) is 24.5 Å². The molecule has 0 N–H and O–H groups in total. The monoisotopic (exact) mass is 263 g/mol. The normalized spacial score (nSPS) is 13.1. The van der Waals surface area contributed by atoms with Crippen molar-refractivity contribution >= 4 is 22.3 Å². The van der Waals surface area contributed by atoms with Crippen LogP contribution in [0.2, 0.25) is 0 Å². The van der Waals surface area contributed by atoms with E-state index in [2.05, 4.69) is 32.2 Å². The van der Waals surface area contributed by atoms with Crippen LogP contribution in [0.25, 0.3) is 33.7 Å². The highest BCUT2D eigenvalue weighted by Crippen LogP contribution is 2.34. The number of aromatic nitrogens is 4.